The third kappa shape index (κ3) is 6.41. The highest BCUT2D eigenvalue weighted by molar-refractivity contribution is 7.99. The summed E-state index contributed by atoms with van der Waals surface area (Å²) >= 11 is 2.01. The number of thioether (sulfide) groups is 1. The minimum absolute atomic E-state index is 0.00838. The molecule has 2 aliphatic heterocycles. The lowest BCUT2D eigenvalue weighted by Crippen LogP contribution is -2.45. The highest BCUT2D eigenvalue weighted by Gasteiger charge is 2.23. The number of guanidine groups is 1. The average Bonchev–Trinajstić information content (AvgIpc) is 2.72. The summed E-state index contributed by atoms with van der Waals surface area (Å²) in [6.07, 6.45) is 4.44. The molecule has 28 heavy (non-hydrogen) atoms. The van der Waals surface area contributed by atoms with E-state index in [1.54, 1.807) is 0 Å². The normalized spacial score (nSPS) is 24.0. The number of likely N-dealkylation sites (tertiary alicyclic amines) is 1. The number of benzene rings is 1. The van der Waals surface area contributed by atoms with E-state index in [1.165, 1.54) is 29.7 Å². The maximum absolute atomic E-state index is 11.5. The number of nitrogens with one attached hydrogen (secondary N) is 2. The molecule has 4 N–H and O–H groups in total. The number of nitrogens with two attached hydrogens (primary N) is 1. The van der Waals surface area contributed by atoms with Crippen LogP contribution in [0.1, 0.15) is 36.8 Å². The van der Waals surface area contributed by atoms with Crippen molar-refractivity contribution in [2.24, 2.45) is 16.6 Å². The number of amides is 1. The highest BCUT2D eigenvalue weighted by Crippen LogP contribution is 2.19. The molecule has 2 atom stereocenters. The zero-order valence-electron chi connectivity index (χ0n) is 16.8. The molecule has 1 aromatic carbocycles. The van der Waals surface area contributed by atoms with E-state index < -0.39 is 0 Å². The van der Waals surface area contributed by atoms with Crippen LogP contribution >= 0.6 is 11.8 Å². The maximum Gasteiger partial charge on any atom is 0.221 e. The van der Waals surface area contributed by atoms with Crippen molar-refractivity contribution in [3.05, 3.63) is 35.4 Å². The molecule has 1 amide bonds. The number of hydrogen-bond acceptors (Lipinski definition) is 4. The number of aliphatic imine (C=N–C) groups is 1. The molecule has 1 aromatic rings. The average molecular weight is 404 g/mol. The Labute approximate surface area is 172 Å². The van der Waals surface area contributed by atoms with Crippen LogP contribution in [-0.2, 0) is 17.9 Å². The monoisotopic (exact) mass is 403 g/mol. The Morgan fingerprint density at radius 1 is 1.32 bits per heavy atom. The van der Waals surface area contributed by atoms with Crippen molar-refractivity contribution >= 4 is 23.6 Å². The Morgan fingerprint density at radius 2 is 2.18 bits per heavy atom. The summed E-state index contributed by atoms with van der Waals surface area (Å²) < 4.78 is 0. The van der Waals surface area contributed by atoms with Gasteiger partial charge in [0.1, 0.15) is 0 Å². The van der Waals surface area contributed by atoms with Gasteiger partial charge in [-0.15, -0.1) is 0 Å². The van der Waals surface area contributed by atoms with E-state index in [2.05, 4.69) is 44.8 Å². The number of rotatable bonds is 6. The smallest absolute Gasteiger partial charge is 0.221 e. The number of carbonyl (C=O) groups excluding carboxylic acids is 1. The summed E-state index contributed by atoms with van der Waals surface area (Å²) in [4.78, 5) is 18.2. The molecule has 154 valence electrons. The second-order valence-electron chi connectivity index (χ2n) is 7.78. The van der Waals surface area contributed by atoms with Crippen LogP contribution in [0.15, 0.2) is 29.3 Å². The first kappa shape index (κ1) is 21.0. The second-order valence-corrected chi connectivity index (χ2v) is 8.93. The van der Waals surface area contributed by atoms with Crippen LogP contribution in [0.5, 0.6) is 0 Å². The van der Waals surface area contributed by atoms with Crippen LogP contribution in [0.3, 0.4) is 0 Å². The molecule has 0 bridgehead atoms. The SMILES string of the molecule is CN=C(NCc1cccc(CN2CCCC(C(N)=O)C2)c1)NC1CCCSC1. The van der Waals surface area contributed by atoms with E-state index in [9.17, 15) is 4.79 Å². The van der Waals surface area contributed by atoms with Gasteiger partial charge in [-0.25, -0.2) is 0 Å². The van der Waals surface area contributed by atoms with Gasteiger partial charge >= 0.3 is 0 Å². The summed E-state index contributed by atoms with van der Waals surface area (Å²) in [5.41, 5.74) is 8.01. The van der Waals surface area contributed by atoms with Crippen molar-refractivity contribution in [3.63, 3.8) is 0 Å². The van der Waals surface area contributed by atoms with Gasteiger partial charge < -0.3 is 16.4 Å². The maximum atomic E-state index is 11.5. The molecule has 6 nitrogen and oxygen atoms in total. The van der Waals surface area contributed by atoms with Gasteiger partial charge in [0, 0.05) is 38.5 Å². The largest absolute Gasteiger partial charge is 0.369 e. The van der Waals surface area contributed by atoms with Crippen molar-refractivity contribution in [1.82, 2.24) is 15.5 Å². The molecule has 2 fully saturated rings. The van der Waals surface area contributed by atoms with E-state index in [1.807, 2.05) is 18.8 Å². The summed E-state index contributed by atoms with van der Waals surface area (Å²) in [6, 6.07) is 9.15. The van der Waals surface area contributed by atoms with E-state index in [0.717, 1.165) is 50.7 Å². The first-order valence-corrected chi connectivity index (χ1v) is 11.4. The number of piperidine rings is 1. The third-order valence-electron chi connectivity index (χ3n) is 5.49. The van der Waals surface area contributed by atoms with Gasteiger partial charge in [-0.3, -0.25) is 14.7 Å². The molecule has 2 saturated heterocycles. The fourth-order valence-corrected chi connectivity index (χ4v) is 5.03. The Kier molecular flexibility index (Phi) is 8.03. The van der Waals surface area contributed by atoms with E-state index in [-0.39, 0.29) is 11.8 Å². The van der Waals surface area contributed by atoms with Gasteiger partial charge in [-0.2, -0.15) is 11.8 Å². The molecule has 0 saturated carbocycles. The second kappa shape index (κ2) is 10.7. The van der Waals surface area contributed by atoms with Gasteiger partial charge in [0.15, 0.2) is 5.96 Å². The lowest BCUT2D eigenvalue weighted by atomic mass is 9.97. The van der Waals surface area contributed by atoms with Crippen LogP contribution in [0.25, 0.3) is 0 Å². The van der Waals surface area contributed by atoms with Crippen LogP contribution in [0, 0.1) is 5.92 Å². The molecule has 0 aliphatic carbocycles. The van der Waals surface area contributed by atoms with Gasteiger partial charge in [0.25, 0.3) is 0 Å². The van der Waals surface area contributed by atoms with Gasteiger partial charge in [-0.05, 0) is 49.1 Å². The van der Waals surface area contributed by atoms with Crippen molar-refractivity contribution in [2.75, 3.05) is 31.6 Å². The van der Waals surface area contributed by atoms with Crippen LogP contribution in [-0.4, -0.2) is 54.5 Å². The topological polar surface area (TPSA) is 82.8 Å². The zero-order valence-corrected chi connectivity index (χ0v) is 17.6. The Hall–Kier alpha value is -1.73. The van der Waals surface area contributed by atoms with Crippen LogP contribution in [0.4, 0.5) is 0 Å². The van der Waals surface area contributed by atoms with E-state index in [0.29, 0.717) is 6.04 Å². The standard InChI is InChI=1S/C21H33N5OS/c1-23-21(25-19-8-4-10-28-15-19)24-12-16-5-2-6-17(11-16)13-26-9-3-7-18(14-26)20(22)27/h2,5-6,11,18-19H,3-4,7-10,12-15H2,1H3,(H2,22,27)(H2,23,24,25). The predicted octanol–water partition coefficient (Wildman–Crippen LogP) is 1.94. The van der Waals surface area contributed by atoms with Gasteiger partial charge in [-0.1, -0.05) is 24.3 Å². The Balaban J connectivity index is 1.50. The number of hydrogen-bond donors (Lipinski definition) is 3. The van der Waals surface area contributed by atoms with Crippen LogP contribution in [0.2, 0.25) is 0 Å². The molecular formula is C21H33N5OS. The molecule has 2 unspecified atom stereocenters. The van der Waals surface area contributed by atoms with Crippen molar-refractivity contribution in [3.8, 4) is 0 Å². The van der Waals surface area contributed by atoms with Gasteiger partial charge in [0.2, 0.25) is 5.91 Å². The van der Waals surface area contributed by atoms with Gasteiger partial charge in [0.05, 0.1) is 5.92 Å². The first-order chi connectivity index (χ1) is 13.6. The lowest BCUT2D eigenvalue weighted by molar-refractivity contribution is -0.123. The minimum atomic E-state index is -0.169. The molecule has 2 aliphatic rings. The molecular weight excluding hydrogens is 370 g/mol. The molecule has 3 rings (SSSR count). The number of primary amides is 1. The summed E-state index contributed by atoms with van der Waals surface area (Å²) in [5, 5.41) is 6.98. The van der Waals surface area contributed by atoms with E-state index in [4.69, 9.17) is 5.73 Å². The fourth-order valence-electron chi connectivity index (χ4n) is 3.96. The highest BCUT2D eigenvalue weighted by atomic mass is 32.2. The fraction of sp³-hybridized carbons (Fsp3) is 0.619. The minimum Gasteiger partial charge on any atom is -0.369 e. The Bertz CT molecular complexity index is 675. The summed E-state index contributed by atoms with van der Waals surface area (Å²) in [7, 11) is 1.83. The van der Waals surface area contributed by atoms with E-state index >= 15 is 0 Å². The van der Waals surface area contributed by atoms with Crippen molar-refractivity contribution in [2.45, 2.75) is 44.8 Å². The predicted molar refractivity (Wildman–Crippen MR) is 117 cm³/mol. The van der Waals surface area contributed by atoms with Crippen LogP contribution < -0.4 is 16.4 Å². The summed E-state index contributed by atoms with van der Waals surface area (Å²) in [5.74, 6) is 3.12. The number of carbonyl (C=O) groups is 1. The van der Waals surface area contributed by atoms with Crippen molar-refractivity contribution in [1.29, 1.82) is 0 Å². The lowest BCUT2D eigenvalue weighted by Gasteiger charge is -2.31. The number of nitrogens with zero attached hydrogens (tertiary/aromatic N) is 2. The molecule has 7 heteroatoms. The third-order valence-corrected chi connectivity index (χ3v) is 6.71. The Morgan fingerprint density at radius 3 is 2.93 bits per heavy atom. The summed E-state index contributed by atoms with van der Waals surface area (Å²) in [6.45, 7) is 3.41. The zero-order chi connectivity index (χ0) is 19.8. The molecule has 2 heterocycles. The molecule has 0 aromatic heterocycles. The molecule has 0 spiro atoms. The molecule has 0 radical (unpaired) electrons. The van der Waals surface area contributed by atoms with Crippen molar-refractivity contribution < 1.29 is 4.79 Å². The quantitative estimate of drug-likeness (QED) is 0.499. The first-order valence-electron chi connectivity index (χ1n) is 10.3.